The van der Waals surface area contributed by atoms with E-state index in [0.717, 1.165) is 16.9 Å². The molecule has 24 heavy (non-hydrogen) atoms. The van der Waals surface area contributed by atoms with E-state index < -0.39 is 0 Å². The minimum absolute atomic E-state index is 0.0909. The molecule has 2 atom stereocenters. The number of amides is 1. The van der Waals surface area contributed by atoms with Gasteiger partial charge >= 0.3 is 0 Å². The van der Waals surface area contributed by atoms with Crippen molar-refractivity contribution in [1.29, 1.82) is 0 Å². The van der Waals surface area contributed by atoms with E-state index in [9.17, 15) is 4.79 Å². The monoisotopic (exact) mass is 325 g/mol. The SMILES string of the molecule is COc1ccc(C2CN(C(=O)Cc3ccccc3)C(C)CO2)cc1. The molecule has 1 amide bonds. The Bertz CT molecular complexity index is 669. The van der Waals surface area contributed by atoms with Crippen molar-refractivity contribution in [2.24, 2.45) is 0 Å². The summed E-state index contributed by atoms with van der Waals surface area (Å²) in [4.78, 5) is 14.6. The molecule has 4 nitrogen and oxygen atoms in total. The van der Waals surface area contributed by atoms with Gasteiger partial charge in [0.1, 0.15) is 11.9 Å². The molecule has 1 aliphatic heterocycles. The van der Waals surface area contributed by atoms with Crippen molar-refractivity contribution in [2.75, 3.05) is 20.3 Å². The summed E-state index contributed by atoms with van der Waals surface area (Å²) in [6, 6.07) is 17.8. The summed E-state index contributed by atoms with van der Waals surface area (Å²) >= 11 is 0. The van der Waals surface area contributed by atoms with Crippen LogP contribution < -0.4 is 4.74 Å². The summed E-state index contributed by atoms with van der Waals surface area (Å²) in [5, 5.41) is 0. The van der Waals surface area contributed by atoms with Gasteiger partial charge in [0.2, 0.25) is 5.91 Å². The lowest BCUT2D eigenvalue weighted by Gasteiger charge is -2.38. The van der Waals surface area contributed by atoms with E-state index >= 15 is 0 Å². The highest BCUT2D eigenvalue weighted by Gasteiger charge is 2.30. The van der Waals surface area contributed by atoms with Gasteiger partial charge in [0.25, 0.3) is 0 Å². The summed E-state index contributed by atoms with van der Waals surface area (Å²) in [6.07, 6.45) is 0.340. The van der Waals surface area contributed by atoms with Gasteiger partial charge in [0.15, 0.2) is 0 Å². The Morgan fingerprint density at radius 2 is 1.88 bits per heavy atom. The Labute approximate surface area is 143 Å². The molecule has 0 saturated carbocycles. The zero-order valence-electron chi connectivity index (χ0n) is 14.1. The number of carbonyl (C=O) groups is 1. The molecule has 0 spiro atoms. The molecule has 0 bridgehead atoms. The normalized spacial score (nSPS) is 20.7. The highest BCUT2D eigenvalue weighted by Crippen LogP contribution is 2.27. The second-order valence-electron chi connectivity index (χ2n) is 6.15. The fourth-order valence-corrected chi connectivity index (χ4v) is 3.00. The van der Waals surface area contributed by atoms with E-state index in [-0.39, 0.29) is 18.1 Å². The molecule has 2 aromatic carbocycles. The van der Waals surface area contributed by atoms with Crippen LogP contribution in [0, 0.1) is 0 Å². The first-order valence-corrected chi connectivity index (χ1v) is 8.26. The first-order chi connectivity index (χ1) is 11.7. The first-order valence-electron chi connectivity index (χ1n) is 8.26. The van der Waals surface area contributed by atoms with Gasteiger partial charge in [-0.15, -0.1) is 0 Å². The number of nitrogens with zero attached hydrogens (tertiary/aromatic N) is 1. The van der Waals surface area contributed by atoms with Crippen LogP contribution >= 0.6 is 0 Å². The standard InChI is InChI=1S/C20H23NO3/c1-15-14-24-19(17-8-10-18(23-2)11-9-17)13-21(15)20(22)12-16-6-4-3-5-7-16/h3-11,15,19H,12-14H2,1-2H3. The lowest BCUT2D eigenvalue weighted by atomic mass is 10.0. The average Bonchev–Trinajstić information content (AvgIpc) is 2.63. The summed E-state index contributed by atoms with van der Waals surface area (Å²) < 4.78 is 11.1. The molecule has 0 N–H and O–H groups in total. The average molecular weight is 325 g/mol. The molecule has 126 valence electrons. The van der Waals surface area contributed by atoms with E-state index in [1.54, 1.807) is 7.11 Å². The Hall–Kier alpha value is -2.33. The van der Waals surface area contributed by atoms with E-state index in [1.807, 2.05) is 66.4 Å². The predicted molar refractivity (Wildman–Crippen MR) is 93.0 cm³/mol. The quantitative estimate of drug-likeness (QED) is 0.866. The number of methoxy groups -OCH3 is 1. The Morgan fingerprint density at radius 3 is 2.54 bits per heavy atom. The van der Waals surface area contributed by atoms with Crippen LogP contribution in [0.25, 0.3) is 0 Å². The molecule has 3 rings (SSSR count). The number of morpholine rings is 1. The van der Waals surface area contributed by atoms with Crippen LogP contribution in [-0.2, 0) is 16.0 Å². The van der Waals surface area contributed by atoms with E-state index in [4.69, 9.17) is 9.47 Å². The smallest absolute Gasteiger partial charge is 0.227 e. The molecule has 1 saturated heterocycles. The van der Waals surface area contributed by atoms with Gasteiger partial charge in [0, 0.05) is 0 Å². The maximum Gasteiger partial charge on any atom is 0.227 e. The van der Waals surface area contributed by atoms with E-state index in [0.29, 0.717) is 19.6 Å². The van der Waals surface area contributed by atoms with Gasteiger partial charge < -0.3 is 14.4 Å². The van der Waals surface area contributed by atoms with Gasteiger partial charge in [-0.05, 0) is 30.2 Å². The lowest BCUT2D eigenvalue weighted by Crippen LogP contribution is -2.48. The largest absolute Gasteiger partial charge is 0.497 e. The van der Waals surface area contributed by atoms with Gasteiger partial charge in [-0.25, -0.2) is 0 Å². The maximum atomic E-state index is 12.7. The summed E-state index contributed by atoms with van der Waals surface area (Å²) in [7, 11) is 1.65. The van der Waals surface area contributed by atoms with Crippen molar-refractivity contribution in [1.82, 2.24) is 4.90 Å². The van der Waals surface area contributed by atoms with Crippen molar-refractivity contribution >= 4 is 5.91 Å². The van der Waals surface area contributed by atoms with Crippen LogP contribution in [0.15, 0.2) is 54.6 Å². The first kappa shape index (κ1) is 16.5. The van der Waals surface area contributed by atoms with Crippen LogP contribution in [0.5, 0.6) is 5.75 Å². The highest BCUT2D eigenvalue weighted by molar-refractivity contribution is 5.79. The maximum absolute atomic E-state index is 12.7. The van der Waals surface area contributed by atoms with Gasteiger partial charge in [-0.2, -0.15) is 0 Å². The molecule has 1 heterocycles. The molecule has 1 aliphatic rings. The number of benzene rings is 2. The second kappa shape index (κ2) is 7.49. The van der Waals surface area contributed by atoms with Crippen molar-refractivity contribution in [3.05, 3.63) is 65.7 Å². The summed E-state index contributed by atoms with van der Waals surface area (Å²) in [5.74, 6) is 0.968. The van der Waals surface area contributed by atoms with E-state index in [2.05, 4.69) is 0 Å². The minimum Gasteiger partial charge on any atom is -0.497 e. The number of ether oxygens (including phenoxy) is 2. The van der Waals surface area contributed by atoms with Gasteiger partial charge in [-0.1, -0.05) is 42.5 Å². The van der Waals surface area contributed by atoms with E-state index in [1.165, 1.54) is 0 Å². The fourth-order valence-electron chi connectivity index (χ4n) is 3.00. The molecule has 0 aromatic heterocycles. The van der Waals surface area contributed by atoms with Crippen LogP contribution in [0.2, 0.25) is 0 Å². The van der Waals surface area contributed by atoms with Crippen LogP contribution in [0.4, 0.5) is 0 Å². The molecule has 0 radical (unpaired) electrons. The highest BCUT2D eigenvalue weighted by atomic mass is 16.5. The number of hydrogen-bond acceptors (Lipinski definition) is 3. The van der Waals surface area contributed by atoms with Crippen LogP contribution in [-0.4, -0.2) is 37.1 Å². The van der Waals surface area contributed by atoms with Crippen molar-refractivity contribution < 1.29 is 14.3 Å². The summed E-state index contributed by atoms with van der Waals surface area (Å²) in [6.45, 7) is 3.17. The van der Waals surface area contributed by atoms with Gasteiger partial charge in [0.05, 0.1) is 32.7 Å². The predicted octanol–water partition coefficient (Wildman–Crippen LogP) is 3.23. The van der Waals surface area contributed by atoms with Crippen LogP contribution in [0.3, 0.4) is 0 Å². The Balaban J connectivity index is 1.69. The van der Waals surface area contributed by atoms with Gasteiger partial charge in [-0.3, -0.25) is 4.79 Å². The number of hydrogen-bond donors (Lipinski definition) is 0. The third-order valence-electron chi connectivity index (χ3n) is 4.44. The zero-order valence-corrected chi connectivity index (χ0v) is 14.1. The number of rotatable bonds is 4. The lowest BCUT2D eigenvalue weighted by molar-refractivity contribution is -0.143. The zero-order chi connectivity index (χ0) is 16.9. The molecular formula is C20H23NO3. The Kier molecular flexibility index (Phi) is 5.16. The summed E-state index contributed by atoms with van der Waals surface area (Å²) in [5.41, 5.74) is 2.11. The van der Waals surface area contributed by atoms with Crippen molar-refractivity contribution in [3.8, 4) is 5.75 Å². The third kappa shape index (κ3) is 3.77. The topological polar surface area (TPSA) is 38.8 Å². The Morgan fingerprint density at radius 1 is 1.17 bits per heavy atom. The molecule has 1 fully saturated rings. The van der Waals surface area contributed by atoms with Crippen LogP contribution in [0.1, 0.15) is 24.2 Å². The molecule has 4 heteroatoms. The van der Waals surface area contributed by atoms with Crippen molar-refractivity contribution in [2.45, 2.75) is 25.5 Å². The molecule has 2 unspecified atom stereocenters. The second-order valence-corrected chi connectivity index (χ2v) is 6.15. The minimum atomic E-state index is -0.0909. The fraction of sp³-hybridized carbons (Fsp3) is 0.350. The molecule has 2 aromatic rings. The van der Waals surface area contributed by atoms with Crippen molar-refractivity contribution in [3.63, 3.8) is 0 Å². The third-order valence-corrected chi connectivity index (χ3v) is 4.44. The number of carbonyl (C=O) groups excluding carboxylic acids is 1. The molecule has 0 aliphatic carbocycles. The molecular weight excluding hydrogens is 302 g/mol.